The molecule has 0 atom stereocenters. The van der Waals surface area contributed by atoms with Gasteiger partial charge in [0.2, 0.25) is 0 Å². The summed E-state index contributed by atoms with van der Waals surface area (Å²) in [6, 6.07) is 11.9. The van der Waals surface area contributed by atoms with Gasteiger partial charge in [-0.2, -0.15) is 0 Å². The first-order valence-corrected chi connectivity index (χ1v) is 6.00. The predicted octanol–water partition coefficient (Wildman–Crippen LogP) is 2.12. The maximum atomic E-state index is 12.2. The van der Waals surface area contributed by atoms with Crippen LogP contribution in [0, 0.1) is 10.1 Å². The molecule has 2 aromatic carbocycles. The van der Waals surface area contributed by atoms with Gasteiger partial charge in [0.15, 0.2) is 0 Å². The molecule has 0 aliphatic carbocycles. The summed E-state index contributed by atoms with van der Waals surface area (Å²) in [5, 5.41) is 11.5. The molecule has 0 saturated carbocycles. The molecular formula is C14H13N3O4. The number of rotatable bonds is 4. The number of nitro groups is 1. The first-order valence-electron chi connectivity index (χ1n) is 6.00. The maximum Gasteiger partial charge on any atom is 0.272 e. The van der Waals surface area contributed by atoms with Crippen molar-refractivity contribution in [2.45, 2.75) is 0 Å². The third-order valence-electron chi connectivity index (χ3n) is 2.89. The quantitative estimate of drug-likeness (QED) is 0.402. The summed E-state index contributed by atoms with van der Waals surface area (Å²) in [5.41, 5.74) is 0.664. The van der Waals surface area contributed by atoms with Crippen molar-refractivity contribution in [1.82, 2.24) is 0 Å². The molecule has 2 N–H and O–H groups in total. The van der Waals surface area contributed by atoms with Gasteiger partial charge in [-0.25, -0.2) is 10.9 Å². The standard InChI is InChI=1S/C14H13N3O4/c1-21-13-8-6-11(7-9-13)16(15)14(18)10-2-4-12(5-3-10)17(19)20/h2-9H,15H2,1H3. The van der Waals surface area contributed by atoms with Crippen LogP contribution >= 0.6 is 0 Å². The molecule has 0 unspecified atom stereocenters. The number of methoxy groups -OCH3 is 1. The second kappa shape index (κ2) is 6.02. The van der Waals surface area contributed by atoms with E-state index in [1.807, 2.05) is 0 Å². The van der Waals surface area contributed by atoms with E-state index in [0.29, 0.717) is 11.4 Å². The number of nitro benzene ring substituents is 1. The van der Waals surface area contributed by atoms with Gasteiger partial charge in [0.1, 0.15) is 5.75 Å². The highest BCUT2D eigenvalue weighted by molar-refractivity contribution is 6.05. The molecule has 21 heavy (non-hydrogen) atoms. The first kappa shape index (κ1) is 14.5. The largest absolute Gasteiger partial charge is 0.497 e. The van der Waals surface area contributed by atoms with E-state index in [2.05, 4.69) is 0 Å². The molecule has 2 aromatic rings. The zero-order valence-corrected chi connectivity index (χ0v) is 11.2. The highest BCUT2D eigenvalue weighted by atomic mass is 16.6. The minimum atomic E-state index is -0.530. The van der Waals surface area contributed by atoms with Crippen LogP contribution in [0.15, 0.2) is 48.5 Å². The van der Waals surface area contributed by atoms with Crippen molar-refractivity contribution in [3.05, 3.63) is 64.2 Å². The van der Waals surface area contributed by atoms with E-state index in [1.165, 1.54) is 31.4 Å². The molecule has 0 heterocycles. The Morgan fingerprint density at radius 1 is 1.14 bits per heavy atom. The fourth-order valence-corrected chi connectivity index (χ4v) is 1.72. The Kier molecular flexibility index (Phi) is 4.15. The lowest BCUT2D eigenvalue weighted by molar-refractivity contribution is -0.384. The molecule has 0 radical (unpaired) electrons. The van der Waals surface area contributed by atoms with Gasteiger partial charge in [-0.3, -0.25) is 14.9 Å². The second-order valence-electron chi connectivity index (χ2n) is 4.18. The summed E-state index contributed by atoms with van der Waals surface area (Å²) >= 11 is 0. The van der Waals surface area contributed by atoms with Gasteiger partial charge >= 0.3 is 0 Å². The van der Waals surface area contributed by atoms with Crippen LogP contribution in [0.5, 0.6) is 5.75 Å². The highest BCUT2D eigenvalue weighted by Gasteiger charge is 2.15. The Bertz CT molecular complexity index is 653. The fourth-order valence-electron chi connectivity index (χ4n) is 1.72. The summed E-state index contributed by atoms with van der Waals surface area (Å²) in [4.78, 5) is 22.2. The van der Waals surface area contributed by atoms with Gasteiger partial charge in [0.05, 0.1) is 17.7 Å². The zero-order valence-electron chi connectivity index (χ0n) is 11.2. The van der Waals surface area contributed by atoms with E-state index >= 15 is 0 Å². The zero-order chi connectivity index (χ0) is 15.4. The minimum absolute atomic E-state index is 0.0837. The van der Waals surface area contributed by atoms with Gasteiger partial charge in [0, 0.05) is 17.7 Å². The number of benzene rings is 2. The molecule has 0 aliphatic heterocycles. The van der Waals surface area contributed by atoms with Crippen LogP contribution in [0.25, 0.3) is 0 Å². The molecule has 0 spiro atoms. The van der Waals surface area contributed by atoms with Crippen LogP contribution in [0.2, 0.25) is 0 Å². The number of hydrazine groups is 1. The Balaban J connectivity index is 2.19. The van der Waals surface area contributed by atoms with E-state index < -0.39 is 10.8 Å². The first-order chi connectivity index (χ1) is 10.0. The predicted molar refractivity (Wildman–Crippen MR) is 77.1 cm³/mol. The van der Waals surface area contributed by atoms with Gasteiger partial charge in [-0.15, -0.1) is 0 Å². The molecule has 0 aliphatic rings. The van der Waals surface area contributed by atoms with Crippen LogP contribution in [0.4, 0.5) is 11.4 Å². The number of nitrogens with zero attached hydrogens (tertiary/aromatic N) is 2. The van der Waals surface area contributed by atoms with Gasteiger partial charge in [-0.1, -0.05) is 0 Å². The van der Waals surface area contributed by atoms with E-state index in [9.17, 15) is 14.9 Å². The fraction of sp³-hybridized carbons (Fsp3) is 0.0714. The van der Waals surface area contributed by atoms with Gasteiger partial charge in [-0.05, 0) is 36.4 Å². The molecule has 7 nitrogen and oxygen atoms in total. The van der Waals surface area contributed by atoms with Gasteiger partial charge < -0.3 is 4.74 Å². The summed E-state index contributed by atoms with van der Waals surface area (Å²) in [6.07, 6.45) is 0. The smallest absolute Gasteiger partial charge is 0.272 e. The van der Waals surface area contributed by atoms with Crippen molar-refractivity contribution >= 4 is 17.3 Å². The topological polar surface area (TPSA) is 98.7 Å². The van der Waals surface area contributed by atoms with Crippen molar-refractivity contribution in [3.8, 4) is 5.75 Å². The minimum Gasteiger partial charge on any atom is -0.497 e. The number of hydrogen-bond donors (Lipinski definition) is 1. The number of amides is 1. The number of carbonyl (C=O) groups is 1. The van der Waals surface area contributed by atoms with Gasteiger partial charge in [0.25, 0.3) is 11.6 Å². The molecule has 2 rings (SSSR count). The van der Waals surface area contributed by atoms with Crippen molar-refractivity contribution in [1.29, 1.82) is 0 Å². The monoisotopic (exact) mass is 287 g/mol. The molecule has 108 valence electrons. The van der Waals surface area contributed by atoms with E-state index in [-0.39, 0.29) is 11.3 Å². The second-order valence-corrected chi connectivity index (χ2v) is 4.18. The molecule has 0 bridgehead atoms. The summed E-state index contributed by atoms with van der Waals surface area (Å²) < 4.78 is 5.02. The lowest BCUT2D eigenvalue weighted by Crippen LogP contribution is -2.37. The van der Waals surface area contributed by atoms with Crippen molar-refractivity contribution in [3.63, 3.8) is 0 Å². The Morgan fingerprint density at radius 3 is 2.19 bits per heavy atom. The molecule has 0 fully saturated rings. The van der Waals surface area contributed by atoms with Crippen LogP contribution in [0.1, 0.15) is 10.4 Å². The average Bonchev–Trinajstić information content (AvgIpc) is 2.53. The Hall–Kier alpha value is -2.93. The number of anilines is 1. The Morgan fingerprint density at radius 2 is 1.71 bits per heavy atom. The van der Waals surface area contributed by atoms with Crippen molar-refractivity contribution in [2.75, 3.05) is 12.1 Å². The average molecular weight is 287 g/mol. The summed E-state index contributed by atoms with van der Waals surface area (Å²) in [5.74, 6) is 5.95. The molecular weight excluding hydrogens is 274 g/mol. The van der Waals surface area contributed by atoms with E-state index in [1.54, 1.807) is 24.3 Å². The lowest BCUT2D eigenvalue weighted by Gasteiger charge is -2.16. The molecule has 7 heteroatoms. The normalized spacial score (nSPS) is 10.0. The van der Waals surface area contributed by atoms with Crippen LogP contribution in [-0.4, -0.2) is 17.9 Å². The third-order valence-corrected chi connectivity index (χ3v) is 2.89. The number of non-ortho nitro benzene ring substituents is 1. The number of nitrogens with two attached hydrogens (primary N) is 1. The van der Waals surface area contributed by atoms with Crippen LogP contribution in [0.3, 0.4) is 0 Å². The number of carbonyl (C=O) groups excluding carboxylic acids is 1. The number of hydrogen-bond acceptors (Lipinski definition) is 5. The molecule has 1 amide bonds. The number of ether oxygens (including phenoxy) is 1. The SMILES string of the molecule is COc1ccc(N(N)C(=O)c2ccc([N+](=O)[O-])cc2)cc1. The highest BCUT2D eigenvalue weighted by Crippen LogP contribution is 2.19. The lowest BCUT2D eigenvalue weighted by atomic mass is 10.2. The van der Waals surface area contributed by atoms with Crippen molar-refractivity contribution < 1.29 is 14.5 Å². The molecule has 0 aromatic heterocycles. The van der Waals surface area contributed by atoms with Crippen molar-refractivity contribution in [2.24, 2.45) is 5.84 Å². The van der Waals surface area contributed by atoms with E-state index in [0.717, 1.165) is 5.01 Å². The maximum absolute atomic E-state index is 12.2. The van der Waals surface area contributed by atoms with E-state index in [4.69, 9.17) is 10.6 Å². The third kappa shape index (κ3) is 3.15. The Labute approximate surface area is 120 Å². The van der Waals surface area contributed by atoms with Crippen LogP contribution in [-0.2, 0) is 0 Å². The summed E-state index contributed by atoms with van der Waals surface area (Å²) in [6.45, 7) is 0. The summed E-state index contributed by atoms with van der Waals surface area (Å²) in [7, 11) is 1.54. The molecule has 0 saturated heterocycles. The van der Waals surface area contributed by atoms with Crippen LogP contribution < -0.4 is 15.6 Å².